The van der Waals surface area contributed by atoms with E-state index in [0.717, 1.165) is 0 Å². The molecule has 0 aliphatic carbocycles. The quantitative estimate of drug-likeness (QED) is 0.916. The van der Waals surface area contributed by atoms with Gasteiger partial charge in [0.25, 0.3) is 0 Å². The fourth-order valence-corrected chi connectivity index (χ4v) is 2.15. The highest BCUT2D eigenvalue weighted by Gasteiger charge is 2.12. The molecule has 3 rings (SSSR count). The van der Waals surface area contributed by atoms with Crippen molar-refractivity contribution in [2.45, 2.75) is 4.90 Å². The van der Waals surface area contributed by atoms with Crippen molar-refractivity contribution in [2.24, 2.45) is 10.2 Å². The van der Waals surface area contributed by atoms with E-state index in [9.17, 15) is 8.28 Å². The molecule has 1 aliphatic rings. The summed E-state index contributed by atoms with van der Waals surface area (Å²) in [7, 11) is 0. The third kappa shape index (κ3) is 3.03. The molecule has 2 aromatic carbocycles. The Balaban J connectivity index is 1.79. The Bertz CT molecular complexity index is 730. The first-order valence-corrected chi connectivity index (χ1v) is 6.80. The zero-order chi connectivity index (χ0) is 14.7. The maximum atomic E-state index is 13.2. The second kappa shape index (κ2) is 5.92. The number of benzene rings is 2. The van der Waals surface area contributed by atoms with Crippen LogP contribution in [0.15, 0.2) is 63.6 Å². The summed E-state index contributed by atoms with van der Waals surface area (Å²) in [4.78, 5) is 0.483. The lowest BCUT2D eigenvalue weighted by atomic mass is 10.2. The second-order valence-electron chi connectivity index (χ2n) is 4.26. The molecule has 1 aliphatic heterocycles. The second-order valence-corrected chi connectivity index (χ2v) is 4.89. The van der Waals surface area contributed by atoms with Crippen LogP contribution in [-0.4, -0.2) is 11.7 Å². The van der Waals surface area contributed by atoms with Crippen LogP contribution >= 0.6 is 12.1 Å². The van der Waals surface area contributed by atoms with Crippen LogP contribution in [0.4, 0.5) is 8.28 Å². The van der Waals surface area contributed by atoms with Crippen molar-refractivity contribution in [3.8, 4) is 0 Å². The Morgan fingerprint density at radius 3 is 2.05 bits per heavy atom. The fraction of sp³-hybridized carbons (Fsp3) is 0. The van der Waals surface area contributed by atoms with E-state index in [1.807, 2.05) is 0 Å². The van der Waals surface area contributed by atoms with Crippen molar-refractivity contribution in [2.75, 3.05) is 0 Å². The van der Waals surface area contributed by atoms with Gasteiger partial charge in [0.2, 0.25) is 0 Å². The molecule has 2 N–H and O–H groups in total. The van der Waals surface area contributed by atoms with E-state index in [4.69, 9.17) is 0 Å². The van der Waals surface area contributed by atoms with E-state index < -0.39 is 0 Å². The third-order valence-electron chi connectivity index (χ3n) is 2.84. The first-order valence-electron chi connectivity index (χ1n) is 6.08. The van der Waals surface area contributed by atoms with Crippen LogP contribution in [0.1, 0.15) is 11.1 Å². The molecule has 0 unspecified atom stereocenters. The lowest BCUT2D eigenvalue weighted by Gasteiger charge is -2.15. The van der Waals surface area contributed by atoms with Gasteiger partial charge in [-0.1, -0.05) is 24.3 Å². The molecule has 4 nitrogen and oxygen atoms in total. The number of nitrogens with one attached hydrogen (secondary N) is 2. The average molecular weight is 304 g/mol. The zero-order valence-corrected chi connectivity index (χ0v) is 11.5. The Morgan fingerprint density at radius 1 is 0.857 bits per heavy atom. The summed E-state index contributed by atoms with van der Waals surface area (Å²) in [5.41, 5.74) is 6.82. The summed E-state index contributed by atoms with van der Waals surface area (Å²) >= 11 is 0.165. The number of amidine groups is 2. The Hall–Kier alpha value is -2.41. The molecule has 0 saturated carbocycles. The zero-order valence-electron chi connectivity index (χ0n) is 10.7. The molecule has 0 bridgehead atoms. The molecule has 0 atom stereocenters. The lowest BCUT2D eigenvalue weighted by molar-refractivity contribution is 0.627. The van der Waals surface area contributed by atoms with E-state index >= 15 is 0 Å². The topological polar surface area (TPSA) is 48.8 Å². The summed E-state index contributed by atoms with van der Waals surface area (Å²) in [5.74, 6) is 0.528. The van der Waals surface area contributed by atoms with Crippen molar-refractivity contribution in [1.29, 1.82) is 0 Å². The van der Waals surface area contributed by atoms with Gasteiger partial charge in [0.1, 0.15) is 5.82 Å². The van der Waals surface area contributed by atoms with Gasteiger partial charge in [-0.15, -0.1) is 0 Å². The molecule has 0 radical (unpaired) electrons. The van der Waals surface area contributed by atoms with Crippen LogP contribution in [0.3, 0.4) is 0 Å². The first kappa shape index (κ1) is 13.6. The van der Waals surface area contributed by atoms with Crippen LogP contribution in [0.5, 0.6) is 0 Å². The van der Waals surface area contributed by atoms with Crippen molar-refractivity contribution < 1.29 is 8.28 Å². The minimum absolute atomic E-state index is 0.165. The predicted octanol–water partition coefficient (Wildman–Crippen LogP) is 3.02. The third-order valence-corrected chi connectivity index (χ3v) is 3.27. The normalized spacial score (nSPS) is 13.8. The molecule has 0 aromatic heterocycles. The minimum atomic E-state index is -0.348. The van der Waals surface area contributed by atoms with Crippen molar-refractivity contribution in [1.82, 2.24) is 10.9 Å². The maximum absolute atomic E-state index is 13.2. The van der Waals surface area contributed by atoms with Crippen molar-refractivity contribution in [3.63, 3.8) is 0 Å². The molecule has 2 aromatic rings. The maximum Gasteiger partial charge on any atom is 0.173 e. The molecule has 106 valence electrons. The monoisotopic (exact) mass is 304 g/mol. The predicted molar refractivity (Wildman–Crippen MR) is 79.2 cm³/mol. The summed E-state index contributed by atoms with van der Waals surface area (Å²) in [6, 6.07) is 12.9. The van der Waals surface area contributed by atoms with E-state index in [2.05, 4.69) is 21.1 Å². The van der Waals surface area contributed by atoms with Gasteiger partial charge in [-0.25, -0.2) is 4.39 Å². The SMILES string of the molecule is FSc1cccc(C2=NNC(c3cccc(F)c3)=NN2)c1. The van der Waals surface area contributed by atoms with Gasteiger partial charge >= 0.3 is 0 Å². The Morgan fingerprint density at radius 2 is 1.48 bits per heavy atom. The van der Waals surface area contributed by atoms with E-state index in [1.54, 1.807) is 36.4 Å². The highest BCUT2D eigenvalue weighted by Crippen LogP contribution is 2.20. The standard InChI is InChI=1S/C14H10F2N4S/c15-11-5-1-3-9(7-11)13-17-19-14(20-18-13)10-4-2-6-12(8-10)21-16/h1-8H,(H,17,18)(H,19,20). The van der Waals surface area contributed by atoms with Crippen LogP contribution in [0.2, 0.25) is 0 Å². The molecule has 0 saturated heterocycles. The van der Waals surface area contributed by atoms with Crippen LogP contribution in [-0.2, 0) is 0 Å². The van der Waals surface area contributed by atoms with Crippen LogP contribution in [0, 0.1) is 5.82 Å². The highest BCUT2D eigenvalue weighted by molar-refractivity contribution is 7.94. The van der Waals surface area contributed by atoms with Gasteiger partial charge in [0.15, 0.2) is 11.7 Å². The fourth-order valence-electron chi connectivity index (χ4n) is 1.85. The van der Waals surface area contributed by atoms with Gasteiger partial charge in [-0.2, -0.15) is 14.1 Å². The van der Waals surface area contributed by atoms with Crippen LogP contribution < -0.4 is 10.9 Å². The summed E-state index contributed by atoms with van der Waals surface area (Å²) in [6.07, 6.45) is 0. The van der Waals surface area contributed by atoms with Gasteiger partial charge in [-0.3, -0.25) is 10.9 Å². The van der Waals surface area contributed by atoms with Gasteiger partial charge < -0.3 is 0 Å². The van der Waals surface area contributed by atoms with E-state index in [0.29, 0.717) is 27.7 Å². The van der Waals surface area contributed by atoms with Gasteiger partial charge in [0.05, 0.1) is 12.1 Å². The average Bonchev–Trinajstić information content (AvgIpc) is 2.55. The summed E-state index contributed by atoms with van der Waals surface area (Å²) in [6.45, 7) is 0. The van der Waals surface area contributed by atoms with Crippen LogP contribution in [0.25, 0.3) is 0 Å². The first-order chi connectivity index (χ1) is 10.3. The van der Waals surface area contributed by atoms with Crippen molar-refractivity contribution in [3.05, 3.63) is 65.5 Å². The number of rotatable bonds is 3. The highest BCUT2D eigenvalue weighted by atomic mass is 32.2. The minimum Gasteiger partial charge on any atom is -0.257 e. The Kier molecular flexibility index (Phi) is 3.83. The molecule has 21 heavy (non-hydrogen) atoms. The van der Waals surface area contributed by atoms with E-state index in [1.165, 1.54) is 12.1 Å². The Labute approximate surface area is 124 Å². The summed E-state index contributed by atoms with van der Waals surface area (Å²) in [5, 5.41) is 8.24. The molecule has 1 heterocycles. The number of halogens is 2. The van der Waals surface area contributed by atoms with Gasteiger partial charge in [-0.05, 0) is 24.3 Å². The molecule has 0 amide bonds. The molecular weight excluding hydrogens is 294 g/mol. The number of hydrogen-bond acceptors (Lipinski definition) is 5. The summed E-state index contributed by atoms with van der Waals surface area (Å²) < 4.78 is 25.7. The molecule has 0 spiro atoms. The number of hydrazone groups is 2. The lowest BCUT2D eigenvalue weighted by Crippen LogP contribution is -2.34. The van der Waals surface area contributed by atoms with E-state index in [-0.39, 0.29) is 18.0 Å². The number of nitrogens with zero attached hydrogens (tertiary/aromatic N) is 2. The molecule has 7 heteroatoms. The van der Waals surface area contributed by atoms with Crippen molar-refractivity contribution >= 4 is 23.8 Å². The largest absolute Gasteiger partial charge is 0.257 e. The van der Waals surface area contributed by atoms with Gasteiger partial charge in [0, 0.05) is 16.0 Å². The smallest absolute Gasteiger partial charge is 0.173 e. The molecule has 0 fully saturated rings. The number of hydrogen-bond donors (Lipinski definition) is 2. The molecular formula is C14H10F2N4S.